The van der Waals surface area contributed by atoms with Crippen molar-refractivity contribution in [3.63, 3.8) is 0 Å². The van der Waals surface area contributed by atoms with Crippen LogP contribution in [0.3, 0.4) is 0 Å². The van der Waals surface area contributed by atoms with Crippen molar-refractivity contribution in [1.82, 2.24) is 0 Å². The maximum Gasteiger partial charge on any atom is 0.0689 e. The molecule has 0 bridgehead atoms. The minimum absolute atomic E-state index is 0.0493. The molecule has 1 aliphatic carbocycles. The molecule has 1 heteroatoms. The van der Waals surface area contributed by atoms with Gasteiger partial charge < -0.3 is 0 Å². The van der Waals surface area contributed by atoms with Gasteiger partial charge in [-0.2, -0.15) is 5.26 Å². The summed E-state index contributed by atoms with van der Waals surface area (Å²) in [6, 6.07) is 2.58. The summed E-state index contributed by atoms with van der Waals surface area (Å²) >= 11 is 0. The fourth-order valence-electron chi connectivity index (χ4n) is 2.40. The Labute approximate surface area is 82.1 Å². The van der Waals surface area contributed by atoms with Crippen LogP contribution in [-0.4, -0.2) is 0 Å². The molecule has 1 saturated carbocycles. The zero-order chi connectivity index (χ0) is 9.73. The normalized spacial score (nSPS) is 23.5. The van der Waals surface area contributed by atoms with E-state index in [1.54, 1.807) is 0 Å². The van der Waals surface area contributed by atoms with Gasteiger partial charge in [0.1, 0.15) is 0 Å². The Morgan fingerprint density at radius 3 is 2.38 bits per heavy atom. The molecule has 0 aromatic rings. The molecule has 1 fully saturated rings. The first kappa shape index (κ1) is 10.6. The van der Waals surface area contributed by atoms with Crippen LogP contribution in [0.25, 0.3) is 0 Å². The molecule has 13 heavy (non-hydrogen) atoms. The lowest BCUT2D eigenvalue weighted by Gasteiger charge is -2.32. The number of rotatable bonds is 3. The molecule has 0 radical (unpaired) electrons. The van der Waals surface area contributed by atoms with Gasteiger partial charge in [0.2, 0.25) is 0 Å². The predicted octanol–water partition coefficient (Wildman–Crippen LogP) is 3.90. The summed E-state index contributed by atoms with van der Waals surface area (Å²) in [7, 11) is 0. The van der Waals surface area contributed by atoms with Gasteiger partial charge in [-0.25, -0.2) is 0 Å². The first-order chi connectivity index (χ1) is 6.22. The molecular formula is C12H21N. The Bertz CT molecular complexity index is 184. The summed E-state index contributed by atoms with van der Waals surface area (Å²) in [6.07, 6.45) is 8.50. The van der Waals surface area contributed by atoms with Gasteiger partial charge in [-0.15, -0.1) is 0 Å². The zero-order valence-corrected chi connectivity index (χ0v) is 8.97. The van der Waals surface area contributed by atoms with E-state index in [2.05, 4.69) is 19.9 Å². The van der Waals surface area contributed by atoms with Crippen LogP contribution in [0.1, 0.15) is 58.8 Å². The molecule has 0 amide bonds. The Balaban J connectivity index is 2.53. The van der Waals surface area contributed by atoms with Crippen molar-refractivity contribution in [1.29, 1.82) is 5.26 Å². The molecule has 0 N–H and O–H groups in total. The standard InChI is InChI=1S/C12H21N/c1-3-11(2)9-12(10-13)7-5-4-6-8-12/h11H,3-9H2,1-2H3. The van der Waals surface area contributed by atoms with Gasteiger partial charge in [0.25, 0.3) is 0 Å². The molecule has 0 saturated heterocycles. The monoisotopic (exact) mass is 179 g/mol. The Morgan fingerprint density at radius 2 is 1.92 bits per heavy atom. The van der Waals surface area contributed by atoms with Gasteiger partial charge >= 0.3 is 0 Å². The fraction of sp³-hybridized carbons (Fsp3) is 0.917. The molecule has 0 aromatic heterocycles. The third-order valence-corrected chi connectivity index (χ3v) is 3.48. The lowest BCUT2D eigenvalue weighted by Crippen LogP contribution is -2.24. The van der Waals surface area contributed by atoms with Crippen molar-refractivity contribution in [3.8, 4) is 6.07 Å². The van der Waals surface area contributed by atoms with Crippen LogP contribution in [0.2, 0.25) is 0 Å². The SMILES string of the molecule is CCC(C)CC1(C#N)CCCCC1. The topological polar surface area (TPSA) is 23.8 Å². The maximum atomic E-state index is 9.24. The Morgan fingerprint density at radius 1 is 1.31 bits per heavy atom. The van der Waals surface area contributed by atoms with Gasteiger partial charge in [-0.05, 0) is 25.2 Å². The summed E-state index contributed by atoms with van der Waals surface area (Å²) in [5, 5.41) is 9.24. The number of hydrogen-bond acceptors (Lipinski definition) is 1. The van der Waals surface area contributed by atoms with E-state index in [1.807, 2.05) is 0 Å². The van der Waals surface area contributed by atoms with E-state index in [1.165, 1.54) is 25.7 Å². The minimum Gasteiger partial charge on any atom is -0.198 e. The van der Waals surface area contributed by atoms with E-state index in [0.717, 1.165) is 25.2 Å². The van der Waals surface area contributed by atoms with Crippen molar-refractivity contribution in [2.45, 2.75) is 58.8 Å². The third kappa shape index (κ3) is 2.72. The lowest BCUT2D eigenvalue weighted by molar-refractivity contribution is 0.213. The van der Waals surface area contributed by atoms with Gasteiger partial charge in [-0.3, -0.25) is 0 Å². The first-order valence-corrected chi connectivity index (χ1v) is 5.64. The van der Waals surface area contributed by atoms with E-state index in [0.29, 0.717) is 0 Å². The van der Waals surface area contributed by atoms with Gasteiger partial charge in [0.05, 0.1) is 11.5 Å². The second-order valence-electron chi connectivity index (χ2n) is 4.67. The minimum atomic E-state index is 0.0493. The molecule has 74 valence electrons. The third-order valence-electron chi connectivity index (χ3n) is 3.48. The molecule has 1 rings (SSSR count). The summed E-state index contributed by atoms with van der Waals surface area (Å²) in [6.45, 7) is 4.49. The van der Waals surface area contributed by atoms with Crippen molar-refractivity contribution in [2.24, 2.45) is 11.3 Å². The van der Waals surface area contributed by atoms with Gasteiger partial charge in [0, 0.05) is 0 Å². The van der Waals surface area contributed by atoms with Crippen LogP contribution in [-0.2, 0) is 0 Å². The molecule has 0 heterocycles. The fourth-order valence-corrected chi connectivity index (χ4v) is 2.40. The molecule has 0 spiro atoms. The van der Waals surface area contributed by atoms with Crippen molar-refractivity contribution in [2.75, 3.05) is 0 Å². The van der Waals surface area contributed by atoms with Crippen molar-refractivity contribution in [3.05, 3.63) is 0 Å². The highest BCUT2D eigenvalue weighted by Crippen LogP contribution is 2.41. The summed E-state index contributed by atoms with van der Waals surface area (Å²) in [5.41, 5.74) is 0.0493. The van der Waals surface area contributed by atoms with Crippen LogP contribution in [0.5, 0.6) is 0 Å². The summed E-state index contributed by atoms with van der Waals surface area (Å²) < 4.78 is 0. The van der Waals surface area contributed by atoms with Crippen LogP contribution in [0, 0.1) is 22.7 Å². The summed E-state index contributed by atoms with van der Waals surface area (Å²) in [5.74, 6) is 0.720. The highest BCUT2D eigenvalue weighted by atomic mass is 14.4. The van der Waals surface area contributed by atoms with Crippen LogP contribution in [0.15, 0.2) is 0 Å². The molecule has 0 aromatic carbocycles. The van der Waals surface area contributed by atoms with E-state index < -0.39 is 0 Å². The Kier molecular flexibility index (Phi) is 3.78. The highest BCUT2D eigenvalue weighted by Gasteiger charge is 2.32. The van der Waals surface area contributed by atoms with E-state index >= 15 is 0 Å². The molecule has 1 aliphatic rings. The average molecular weight is 179 g/mol. The largest absolute Gasteiger partial charge is 0.198 e. The lowest BCUT2D eigenvalue weighted by atomic mass is 9.70. The van der Waals surface area contributed by atoms with E-state index in [-0.39, 0.29) is 5.41 Å². The van der Waals surface area contributed by atoms with Crippen molar-refractivity contribution < 1.29 is 0 Å². The predicted molar refractivity (Wildman–Crippen MR) is 55.2 cm³/mol. The van der Waals surface area contributed by atoms with Crippen LogP contribution in [0.4, 0.5) is 0 Å². The molecular weight excluding hydrogens is 158 g/mol. The number of nitriles is 1. The Hall–Kier alpha value is -0.510. The second-order valence-corrected chi connectivity index (χ2v) is 4.67. The van der Waals surface area contributed by atoms with Gasteiger partial charge in [-0.1, -0.05) is 39.5 Å². The van der Waals surface area contributed by atoms with Crippen molar-refractivity contribution >= 4 is 0 Å². The summed E-state index contributed by atoms with van der Waals surface area (Å²) in [4.78, 5) is 0. The number of hydrogen-bond donors (Lipinski definition) is 0. The zero-order valence-electron chi connectivity index (χ0n) is 8.97. The molecule has 1 unspecified atom stereocenters. The average Bonchev–Trinajstić information content (AvgIpc) is 2.19. The second kappa shape index (κ2) is 4.65. The van der Waals surface area contributed by atoms with E-state index in [9.17, 15) is 5.26 Å². The quantitative estimate of drug-likeness (QED) is 0.644. The van der Waals surface area contributed by atoms with E-state index in [4.69, 9.17) is 0 Å². The molecule has 1 atom stereocenters. The smallest absolute Gasteiger partial charge is 0.0689 e. The molecule has 0 aliphatic heterocycles. The number of nitrogens with zero attached hydrogens (tertiary/aromatic N) is 1. The van der Waals surface area contributed by atoms with Crippen LogP contribution < -0.4 is 0 Å². The maximum absolute atomic E-state index is 9.24. The van der Waals surface area contributed by atoms with Crippen LogP contribution >= 0.6 is 0 Å². The highest BCUT2D eigenvalue weighted by molar-refractivity contribution is 5.00. The first-order valence-electron chi connectivity index (χ1n) is 5.64. The molecule has 1 nitrogen and oxygen atoms in total. The van der Waals surface area contributed by atoms with Gasteiger partial charge in [0.15, 0.2) is 0 Å².